The summed E-state index contributed by atoms with van der Waals surface area (Å²) < 4.78 is 1.43. The standard InChI is InChI=1S/C23H21N3O2S/c1-14-8-7-11-19(15(14)2)25-21(27)13-26-16(3)24-22-18(23(26)28)12-20(29-22)17-9-5-4-6-10-17/h4-12H,13H2,1-3H3,(H,25,27). The van der Waals surface area contributed by atoms with Crippen molar-refractivity contribution in [2.75, 3.05) is 5.32 Å². The maximum Gasteiger partial charge on any atom is 0.262 e. The molecule has 4 aromatic rings. The number of aryl methyl sites for hydroxylation is 2. The van der Waals surface area contributed by atoms with E-state index in [4.69, 9.17) is 0 Å². The number of anilines is 1. The number of benzene rings is 2. The Morgan fingerprint density at radius 2 is 1.83 bits per heavy atom. The average molecular weight is 404 g/mol. The van der Waals surface area contributed by atoms with Crippen LogP contribution in [0.15, 0.2) is 59.4 Å². The van der Waals surface area contributed by atoms with Crippen LogP contribution in [0.1, 0.15) is 17.0 Å². The molecule has 2 aromatic heterocycles. The lowest BCUT2D eigenvalue weighted by atomic mass is 10.1. The molecule has 0 atom stereocenters. The average Bonchev–Trinajstić information content (AvgIpc) is 3.13. The molecule has 0 fully saturated rings. The quantitative estimate of drug-likeness (QED) is 0.538. The molecule has 29 heavy (non-hydrogen) atoms. The Hall–Kier alpha value is -3.25. The fourth-order valence-corrected chi connectivity index (χ4v) is 4.34. The third kappa shape index (κ3) is 3.71. The van der Waals surface area contributed by atoms with E-state index in [2.05, 4.69) is 10.3 Å². The van der Waals surface area contributed by atoms with E-state index < -0.39 is 0 Å². The second-order valence-corrected chi connectivity index (χ2v) is 8.07. The van der Waals surface area contributed by atoms with Gasteiger partial charge in [-0.05, 0) is 49.6 Å². The van der Waals surface area contributed by atoms with Crippen LogP contribution in [-0.4, -0.2) is 15.5 Å². The van der Waals surface area contributed by atoms with Crippen molar-refractivity contribution in [3.8, 4) is 10.4 Å². The third-order valence-electron chi connectivity index (χ3n) is 5.08. The Labute approximate surface area is 172 Å². The summed E-state index contributed by atoms with van der Waals surface area (Å²) >= 11 is 1.49. The van der Waals surface area contributed by atoms with Crippen LogP contribution in [0.2, 0.25) is 0 Å². The molecule has 2 heterocycles. The lowest BCUT2D eigenvalue weighted by Gasteiger charge is -2.12. The summed E-state index contributed by atoms with van der Waals surface area (Å²) in [6.07, 6.45) is 0. The van der Waals surface area contributed by atoms with Crippen molar-refractivity contribution in [1.82, 2.24) is 9.55 Å². The summed E-state index contributed by atoms with van der Waals surface area (Å²) in [6.45, 7) is 5.65. The lowest BCUT2D eigenvalue weighted by Crippen LogP contribution is -2.30. The van der Waals surface area contributed by atoms with E-state index in [1.807, 2.05) is 68.4 Å². The van der Waals surface area contributed by atoms with E-state index in [1.165, 1.54) is 15.9 Å². The van der Waals surface area contributed by atoms with Crippen molar-refractivity contribution in [2.24, 2.45) is 0 Å². The summed E-state index contributed by atoms with van der Waals surface area (Å²) in [4.78, 5) is 31.9. The number of carbonyl (C=O) groups excluding carboxylic acids is 1. The van der Waals surface area contributed by atoms with Gasteiger partial charge in [-0.25, -0.2) is 4.98 Å². The number of carbonyl (C=O) groups is 1. The monoisotopic (exact) mass is 403 g/mol. The van der Waals surface area contributed by atoms with Gasteiger partial charge in [0.1, 0.15) is 17.2 Å². The molecule has 0 saturated carbocycles. The van der Waals surface area contributed by atoms with Gasteiger partial charge in [0.15, 0.2) is 0 Å². The molecule has 1 amide bonds. The van der Waals surface area contributed by atoms with Crippen molar-refractivity contribution in [2.45, 2.75) is 27.3 Å². The van der Waals surface area contributed by atoms with Crippen LogP contribution in [0, 0.1) is 20.8 Å². The first-order valence-corrected chi connectivity index (χ1v) is 10.2. The van der Waals surface area contributed by atoms with Gasteiger partial charge < -0.3 is 5.32 Å². The van der Waals surface area contributed by atoms with Gasteiger partial charge in [0.05, 0.1) is 5.39 Å². The summed E-state index contributed by atoms with van der Waals surface area (Å²) in [5, 5.41) is 3.45. The normalized spacial score (nSPS) is 11.0. The molecule has 5 nitrogen and oxygen atoms in total. The first kappa shape index (κ1) is 19.1. The van der Waals surface area contributed by atoms with Crippen LogP contribution in [0.3, 0.4) is 0 Å². The molecule has 0 aliphatic carbocycles. The molecule has 6 heteroatoms. The second kappa shape index (κ2) is 7.64. The largest absolute Gasteiger partial charge is 0.324 e. The van der Waals surface area contributed by atoms with Crippen molar-refractivity contribution in [3.63, 3.8) is 0 Å². The van der Waals surface area contributed by atoms with Gasteiger partial charge in [0.25, 0.3) is 5.56 Å². The van der Waals surface area contributed by atoms with Gasteiger partial charge in [0, 0.05) is 10.6 Å². The molecular formula is C23H21N3O2S. The fourth-order valence-electron chi connectivity index (χ4n) is 3.27. The maximum absolute atomic E-state index is 13.1. The van der Waals surface area contributed by atoms with E-state index in [-0.39, 0.29) is 18.0 Å². The van der Waals surface area contributed by atoms with Gasteiger partial charge in [-0.15, -0.1) is 11.3 Å². The minimum Gasteiger partial charge on any atom is -0.324 e. The zero-order valence-electron chi connectivity index (χ0n) is 16.5. The maximum atomic E-state index is 13.1. The zero-order chi connectivity index (χ0) is 20.5. The molecule has 146 valence electrons. The van der Waals surface area contributed by atoms with Crippen LogP contribution < -0.4 is 10.9 Å². The number of fused-ring (bicyclic) bond motifs is 1. The Kier molecular flexibility index (Phi) is 5.03. The zero-order valence-corrected chi connectivity index (χ0v) is 17.3. The molecule has 1 N–H and O–H groups in total. The highest BCUT2D eigenvalue weighted by atomic mass is 32.1. The van der Waals surface area contributed by atoms with Gasteiger partial charge in [-0.2, -0.15) is 0 Å². The van der Waals surface area contributed by atoms with Crippen molar-refractivity contribution >= 4 is 33.1 Å². The molecule has 0 aliphatic rings. The number of hydrogen-bond acceptors (Lipinski definition) is 4. The Balaban J connectivity index is 1.66. The topological polar surface area (TPSA) is 64.0 Å². The van der Waals surface area contributed by atoms with Crippen molar-refractivity contribution in [1.29, 1.82) is 0 Å². The van der Waals surface area contributed by atoms with Gasteiger partial charge in [0.2, 0.25) is 5.91 Å². The fraction of sp³-hybridized carbons (Fsp3) is 0.174. The van der Waals surface area contributed by atoms with E-state index in [9.17, 15) is 9.59 Å². The number of nitrogens with one attached hydrogen (secondary N) is 1. The van der Waals surface area contributed by atoms with Gasteiger partial charge >= 0.3 is 0 Å². The summed E-state index contributed by atoms with van der Waals surface area (Å²) in [6, 6.07) is 17.5. The first-order chi connectivity index (χ1) is 13.9. The number of amides is 1. The van der Waals surface area contributed by atoms with Crippen LogP contribution >= 0.6 is 11.3 Å². The minimum absolute atomic E-state index is 0.0719. The van der Waals surface area contributed by atoms with Crippen LogP contribution in [-0.2, 0) is 11.3 Å². The highest BCUT2D eigenvalue weighted by molar-refractivity contribution is 7.21. The van der Waals surface area contributed by atoms with E-state index in [0.717, 1.165) is 27.3 Å². The number of aromatic nitrogens is 2. The predicted molar refractivity (Wildman–Crippen MR) is 119 cm³/mol. The summed E-state index contributed by atoms with van der Waals surface area (Å²) in [5.41, 5.74) is 3.74. The SMILES string of the molecule is Cc1cccc(NC(=O)Cn2c(C)nc3sc(-c4ccccc4)cc3c2=O)c1C. The number of nitrogens with zero attached hydrogens (tertiary/aromatic N) is 2. The number of thiophene rings is 1. The molecular weight excluding hydrogens is 382 g/mol. The molecule has 0 aliphatic heterocycles. The molecule has 2 aromatic carbocycles. The molecule has 0 saturated heterocycles. The Morgan fingerprint density at radius 1 is 1.07 bits per heavy atom. The van der Waals surface area contributed by atoms with Gasteiger partial charge in [-0.1, -0.05) is 42.5 Å². The van der Waals surface area contributed by atoms with E-state index >= 15 is 0 Å². The van der Waals surface area contributed by atoms with Crippen molar-refractivity contribution in [3.05, 3.63) is 81.9 Å². The molecule has 0 unspecified atom stereocenters. The molecule has 0 radical (unpaired) electrons. The minimum atomic E-state index is -0.247. The number of rotatable bonds is 4. The number of hydrogen-bond donors (Lipinski definition) is 1. The third-order valence-corrected chi connectivity index (χ3v) is 6.16. The smallest absolute Gasteiger partial charge is 0.262 e. The Morgan fingerprint density at radius 3 is 2.59 bits per heavy atom. The van der Waals surface area contributed by atoms with Gasteiger partial charge in [-0.3, -0.25) is 14.2 Å². The van der Waals surface area contributed by atoms with E-state index in [1.54, 1.807) is 6.92 Å². The molecule has 0 spiro atoms. The molecule has 0 bridgehead atoms. The molecule has 4 rings (SSSR count). The lowest BCUT2D eigenvalue weighted by molar-refractivity contribution is -0.116. The summed E-state index contributed by atoms with van der Waals surface area (Å²) in [7, 11) is 0. The van der Waals surface area contributed by atoms with Crippen molar-refractivity contribution < 1.29 is 4.79 Å². The predicted octanol–water partition coefficient (Wildman–Crippen LogP) is 4.69. The van der Waals surface area contributed by atoms with E-state index in [0.29, 0.717) is 16.0 Å². The highest BCUT2D eigenvalue weighted by Crippen LogP contribution is 2.30. The second-order valence-electron chi connectivity index (χ2n) is 7.04. The highest BCUT2D eigenvalue weighted by Gasteiger charge is 2.15. The Bertz CT molecular complexity index is 1270. The van der Waals surface area contributed by atoms with Crippen LogP contribution in [0.5, 0.6) is 0 Å². The van der Waals surface area contributed by atoms with Crippen LogP contribution in [0.4, 0.5) is 5.69 Å². The summed E-state index contributed by atoms with van der Waals surface area (Å²) in [5.74, 6) is 0.281. The first-order valence-electron chi connectivity index (χ1n) is 9.36. The van der Waals surface area contributed by atoms with Crippen LogP contribution in [0.25, 0.3) is 20.7 Å².